The summed E-state index contributed by atoms with van der Waals surface area (Å²) >= 11 is 0. The van der Waals surface area contributed by atoms with Gasteiger partial charge in [0.25, 0.3) is 0 Å². The van der Waals surface area contributed by atoms with Crippen LogP contribution in [0.25, 0.3) is 0 Å². The highest BCUT2D eigenvalue weighted by Gasteiger charge is 2.06. The van der Waals surface area contributed by atoms with Crippen molar-refractivity contribution < 1.29 is 4.74 Å². The van der Waals surface area contributed by atoms with Gasteiger partial charge in [0.2, 0.25) is 0 Å². The third-order valence-electron chi connectivity index (χ3n) is 2.18. The molecule has 1 aromatic rings. The van der Waals surface area contributed by atoms with Crippen LogP contribution < -0.4 is 10.5 Å². The third-order valence-corrected chi connectivity index (χ3v) is 2.18. The van der Waals surface area contributed by atoms with Crippen molar-refractivity contribution in [2.75, 3.05) is 14.2 Å². The molecule has 0 fully saturated rings. The van der Waals surface area contributed by atoms with Crippen molar-refractivity contribution in [2.45, 2.75) is 19.8 Å². The Morgan fingerprint density at radius 2 is 1.71 bits per heavy atom. The first-order valence-corrected chi connectivity index (χ1v) is 5.57. The Morgan fingerprint density at radius 1 is 1.18 bits per heavy atom. The van der Waals surface area contributed by atoms with E-state index in [1.807, 2.05) is 31.2 Å². The summed E-state index contributed by atoms with van der Waals surface area (Å²) in [6.45, 7) is 2.01. The van der Waals surface area contributed by atoms with Gasteiger partial charge < -0.3 is 15.9 Å². The normalized spacial score (nSPS) is 8.94. The first-order chi connectivity index (χ1) is 8.19. The number of nitrogens with one attached hydrogen (secondary N) is 2. The minimum atomic E-state index is 0.305. The van der Waals surface area contributed by atoms with Crippen LogP contribution in [0.4, 0.5) is 0 Å². The standard InChI is InChI=1S/C12H16N2O.CH5N/c1-3-4-11(13)12(14)9-5-7-10(15-2)8-6-9;1-2/h5-8,13-14H,3-4H2,1-2H3;2H2,1H3. The number of methoxy groups -OCH3 is 1. The lowest BCUT2D eigenvalue weighted by Crippen LogP contribution is -2.12. The van der Waals surface area contributed by atoms with Gasteiger partial charge in [-0.3, -0.25) is 5.41 Å². The zero-order chi connectivity index (χ0) is 13.3. The molecule has 0 aliphatic carbocycles. The van der Waals surface area contributed by atoms with E-state index in [0.717, 1.165) is 17.7 Å². The van der Waals surface area contributed by atoms with E-state index >= 15 is 0 Å². The Bertz CT molecular complexity index is 357. The maximum Gasteiger partial charge on any atom is 0.118 e. The summed E-state index contributed by atoms with van der Waals surface area (Å²) in [5, 5.41) is 15.5. The van der Waals surface area contributed by atoms with E-state index in [1.54, 1.807) is 7.11 Å². The lowest BCUT2D eigenvalue weighted by Gasteiger charge is -2.06. The molecular formula is C13H21N3O. The van der Waals surface area contributed by atoms with Crippen molar-refractivity contribution in [1.29, 1.82) is 10.8 Å². The van der Waals surface area contributed by atoms with Crippen LogP contribution in [0.15, 0.2) is 24.3 Å². The van der Waals surface area contributed by atoms with Crippen LogP contribution in [-0.4, -0.2) is 25.6 Å². The molecule has 4 heteroatoms. The summed E-state index contributed by atoms with van der Waals surface area (Å²) in [6, 6.07) is 7.24. The fourth-order valence-electron chi connectivity index (χ4n) is 1.31. The lowest BCUT2D eigenvalue weighted by molar-refractivity contribution is 0.415. The zero-order valence-corrected chi connectivity index (χ0v) is 10.7. The summed E-state index contributed by atoms with van der Waals surface area (Å²) in [4.78, 5) is 0. The van der Waals surface area contributed by atoms with Gasteiger partial charge in [0.05, 0.1) is 18.5 Å². The number of nitrogens with two attached hydrogens (primary N) is 1. The van der Waals surface area contributed by atoms with Crippen molar-refractivity contribution in [3.05, 3.63) is 29.8 Å². The molecule has 1 rings (SSSR count). The Morgan fingerprint density at radius 3 is 2.12 bits per heavy atom. The quantitative estimate of drug-likeness (QED) is 0.685. The smallest absolute Gasteiger partial charge is 0.118 e. The topological polar surface area (TPSA) is 83.0 Å². The number of hydrogen-bond acceptors (Lipinski definition) is 4. The summed E-state index contributed by atoms with van der Waals surface area (Å²) in [5.41, 5.74) is 5.97. The van der Waals surface area contributed by atoms with E-state index in [2.05, 4.69) is 5.73 Å². The maximum atomic E-state index is 7.80. The Labute approximate surface area is 103 Å². The summed E-state index contributed by atoms with van der Waals surface area (Å²) in [6.07, 6.45) is 1.56. The predicted molar refractivity (Wildman–Crippen MR) is 72.6 cm³/mol. The van der Waals surface area contributed by atoms with Gasteiger partial charge in [0, 0.05) is 5.56 Å². The van der Waals surface area contributed by atoms with E-state index in [1.165, 1.54) is 7.05 Å². The van der Waals surface area contributed by atoms with Crippen molar-refractivity contribution >= 4 is 11.4 Å². The van der Waals surface area contributed by atoms with Crippen LogP contribution in [0.3, 0.4) is 0 Å². The first kappa shape index (κ1) is 15.3. The third kappa shape index (κ3) is 4.78. The highest BCUT2D eigenvalue weighted by Crippen LogP contribution is 2.12. The minimum Gasteiger partial charge on any atom is -0.497 e. The fraction of sp³-hybridized carbons (Fsp3) is 0.385. The van der Waals surface area contributed by atoms with E-state index in [9.17, 15) is 0 Å². The van der Waals surface area contributed by atoms with Gasteiger partial charge in [-0.15, -0.1) is 0 Å². The van der Waals surface area contributed by atoms with Gasteiger partial charge in [-0.05, 0) is 37.7 Å². The molecule has 1 aromatic carbocycles. The molecule has 0 saturated heterocycles. The molecule has 0 heterocycles. The number of ether oxygens (including phenoxy) is 1. The highest BCUT2D eigenvalue weighted by atomic mass is 16.5. The number of hydrogen-bond donors (Lipinski definition) is 3. The van der Waals surface area contributed by atoms with Crippen LogP contribution in [0, 0.1) is 10.8 Å². The predicted octanol–water partition coefficient (Wildman–Crippen LogP) is 2.46. The molecule has 0 bridgehead atoms. The molecular weight excluding hydrogens is 214 g/mol. The van der Waals surface area contributed by atoms with Crippen LogP contribution >= 0.6 is 0 Å². The molecule has 0 spiro atoms. The van der Waals surface area contributed by atoms with Gasteiger partial charge in [-0.1, -0.05) is 13.3 Å². The Kier molecular flexibility index (Phi) is 7.63. The van der Waals surface area contributed by atoms with Gasteiger partial charge in [-0.2, -0.15) is 0 Å². The van der Waals surface area contributed by atoms with Crippen LogP contribution in [0.2, 0.25) is 0 Å². The van der Waals surface area contributed by atoms with Crippen LogP contribution in [0.1, 0.15) is 25.3 Å². The molecule has 0 saturated carbocycles. The van der Waals surface area contributed by atoms with Crippen LogP contribution in [-0.2, 0) is 0 Å². The fourth-order valence-corrected chi connectivity index (χ4v) is 1.31. The first-order valence-electron chi connectivity index (χ1n) is 5.57. The van der Waals surface area contributed by atoms with E-state index in [4.69, 9.17) is 15.6 Å². The number of rotatable bonds is 5. The molecule has 94 valence electrons. The maximum absolute atomic E-state index is 7.80. The average molecular weight is 235 g/mol. The molecule has 0 amide bonds. The zero-order valence-electron chi connectivity index (χ0n) is 10.7. The van der Waals surface area contributed by atoms with Gasteiger partial charge in [0.1, 0.15) is 5.75 Å². The molecule has 0 aromatic heterocycles. The van der Waals surface area contributed by atoms with E-state index in [0.29, 0.717) is 17.8 Å². The molecule has 4 nitrogen and oxygen atoms in total. The highest BCUT2D eigenvalue weighted by molar-refractivity contribution is 6.46. The molecule has 0 unspecified atom stereocenters. The molecule has 0 radical (unpaired) electrons. The van der Waals surface area contributed by atoms with Crippen molar-refractivity contribution in [2.24, 2.45) is 5.73 Å². The van der Waals surface area contributed by atoms with E-state index < -0.39 is 0 Å². The monoisotopic (exact) mass is 235 g/mol. The molecule has 4 N–H and O–H groups in total. The lowest BCUT2D eigenvalue weighted by atomic mass is 10.0. The molecule has 17 heavy (non-hydrogen) atoms. The van der Waals surface area contributed by atoms with Crippen LogP contribution in [0.5, 0.6) is 5.75 Å². The molecule has 0 atom stereocenters. The summed E-state index contributed by atoms with van der Waals surface area (Å²) in [5.74, 6) is 0.772. The summed E-state index contributed by atoms with van der Waals surface area (Å²) < 4.78 is 5.03. The number of benzene rings is 1. The van der Waals surface area contributed by atoms with E-state index in [-0.39, 0.29) is 0 Å². The summed E-state index contributed by atoms with van der Waals surface area (Å²) in [7, 11) is 3.11. The SMILES string of the molecule is CCCC(=N)C(=N)c1ccc(OC)cc1.CN. The van der Waals surface area contributed by atoms with Gasteiger partial charge in [0.15, 0.2) is 0 Å². The van der Waals surface area contributed by atoms with Crippen molar-refractivity contribution in [3.8, 4) is 5.75 Å². The molecule has 0 aliphatic rings. The Balaban J connectivity index is 0.00000121. The second kappa shape index (κ2) is 8.47. The minimum absolute atomic E-state index is 0.305. The van der Waals surface area contributed by atoms with Gasteiger partial charge >= 0.3 is 0 Å². The Hall–Kier alpha value is -1.68. The van der Waals surface area contributed by atoms with Gasteiger partial charge in [-0.25, -0.2) is 0 Å². The molecule has 0 aliphatic heterocycles. The second-order valence-corrected chi connectivity index (χ2v) is 3.33. The largest absolute Gasteiger partial charge is 0.497 e. The van der Waals surface area contributed by atoms with Crippen molar-refractivity contribution in [3.63, 3.8) is 0 Å². The average Bonchev–Trinajstić information content (AvgIpc) is 2.40. The van der Waals surface area contributed by atoms with Crippen molar-refractivity contribution in [1.82, 2.24) is 0 Å². The second-order valence-electron chi connectivity index (χ2n) is 3.33.